The summed E-state index contributed by atoms with van der Waals surface area (Å²) in [4.78, 5) is 11.8. The standard InChI is InChI=1S/C14H19F2NO2/c1-10(2)8-14(17,12(15)16)13(18)19-9-11-6-4-3-5-7-11/h3-7,10,12H,8-9,17H2,1-2H3. The molecule has 0 saturated heterocycles. The smallest absolute Gasteiger partial charge is 0.332 e. The Labute approximate surface area is 111 Å². The van der Waals surface area contributed by atoms with Crippen molar-refractivity contribution in [1.29, 1.82) is 0 Å². The Morgan fingerprint density at radius 2 is 1.89 bits per heavy atom. The van der Waals surface area contributed by atoms with Crippen LogP contribution in [0.3, 0.4) is 0 Å². The number of carbonyl (C=O) groups excluding carboxylic acids is 1. The third-order valence-corrected chi connectivity index (χ3v) is 2.73. The number of alkyl halides is 2. The van der Waals surface area contributed by atoms with Gasteiger partial charge in [0.15, 0.2) is 5.54 Å². The Balaban J connectivity index is 2.68. The molecule has 1 aromatic carbocycles. The molecule has 0 bridgehead atoms. The van der Waals surface area contributed by atoms with Crippen LogP contribution in [0.5, 0.6) is 0 Å². The molecule has 0 fully saturated rings. The largest absolute Gasteiger partial charge is 0.459 e. The molecule has 0 aromatic heterocycles. The summed E-state index contributed by atoms with van der Waals surface area (Å²) in [5, 5.41) is 0. The van der Waals surface area contributed by atoms with Gasteiger partial charge >= 0.3 is 5.97 Å². The SMILES string of the molecule is CC(C)CC(N)(C(=O)OCc1ccccc1)C(F)F. The summed E-state index contributed by atoms with van der Waals surface area (Å²) in [7, 11) is 0. The summed E-state index contributed by atoms with van der Waals surface area (Å²) in [6.45, 7) is 3.41. The van der Waals surface area contributed by atoms with Crippen molar-refractivity contribution in [3.05, 3.63) is 35.9 Å². The molecule has 106 valence electrons. The number of halogens is 2. The minimum Gasteiger partial charge on any atom is -0.459 e. The lowest BCUT2D eigenvalue weighted by molar-refractivity contribution is -0.159. The molecule has 0 aliphatic carbocycles. The maximum atomic E-state index is 13.0. The minimum absolute atomic E-state index is 0.0521. The zero-order valence-corrected chi connectivity index (χ0v) is 11.1. The van der Waals surface area contributed by atoms with E-state index < -0.39 is 17.9 Å². The van der Waals surface area contributed by atoms with Crippen molar-refractivity contribution in [1.82, 2.24) is 0 Å². The normalized spacial score (nSPS) is 14.5. The second-order valence-corrected chi connectivity index (χ2v) is 5.00. The van der Waals surface area contributed by atoms with E-state index in [0.717, 1.165) is 5.56 Å². The van der Waals surface area contributed by atoms with Crippen LogP contribution in [0.1, 0.15) is 25.8 Å². The van der Waals surface area contributed by atoms with Gasteiger partial charge in [0.05, 0.1) is 0 Å². The van der Waals surface area contributed by atoms with Gasteiger partial charge in [0, 0.05) is 0 Å². The molecular weight excluding hydrogens is 252 g/mol. The van der Waals surface area contributed by atoms with Gasteiger partial charge in [0.1, 0.15) is 6.61 Å². The van der Waals surface area contributed by atoms with Crippen LogP contribution in [0.2, 0.25) is 0 Å². The first-order valence-corrected chi connectivity index (χ1v) is 6.14. The molecule has 3 nitrogen and oxygen atoms in total. The number of benzene rings is 1. The topological polar surface area (TPSA) is 52.3 Å². The molecule has 0 aliphatic rings. The van der Waals surface area contributed by atoms with E-state index in [9.17, 15) is 13.6 Å². The van der Waals surface area contributed by atoms with Crippen molar-refractivity contribution in [3.63, 3.8) is 0 Å². The monoisotopic (exact) mass is 271 g/mol. The van der Waals surface area contributed by atoms with Crippen molar-refractivity contribution in [3.8, 4) is 0 Å². The zero-order chi connectivity index (χ0) is 14.5. The third-order valence-electron chi connectivity index (χ3n) is 2.73. The average Bonchev–Trinajstić information content (AvgIpc) is 2.36. The van der Waals surface area contributed by atoms with Crippen LogP contribution in [0.15, 0.2) is 30.3 Å². The molecule has 1 rings (SSSR count). The molecule has 0 radical (unpaired) electrons. The van der Waals surface area contributed by atoms with Gasteiger partial charge in [-0.15, -0.1) is 0 Å². The van der Waals surface area contributed by atoms with Crippen molar-refractivity contribution < 1.29 is 18.3 Å². The first-order valence-electron chi connectivity index (χ1n) is 6.14. The number of nitrogens with two attached hydrogens (primary N) is 1. The lowest BCUT2D eigenvalue weighted by Crippen LogP contribution is -2.55. The summed E-state index contributed by atoms with van der Waals surface area (Å²) >= 11 is 0. The van der Waals surface area contributed by atoms with Crippen molar-refractivity contribution in [2.75, 3.05) is 0 Å². The maximum Gasteiger partial charge on any atom is 0.332 e. The van der Waals surface area contributed by atoms with Crippen molar-refractivity contribution in [2.45, 2.75) is 38.8 Å². The van der Waals surface area contributed by atoms with E-state index in [1.54, 1.807) is 38.1 Å². The Morgan fingerprint density at radius 1 is 1.32 bits per heavy atom. The lowest BCUT2D eigenvalue weighted by atomic mass is 9.90. The van der Waals surface area contributed by atoms with Gasteiger partial charge in [-0.05, 0) is 17.9 Å². The minimum atomic E-state index is -2.95. The van der Waals surface area contributed by atoms with E-state index in [1.807, 2.05) is 6.07 Å². The zero-order valence-electron chi connectivity index (χ0n) is 11.1. The second-order valence-electron chi connectivity index (χ2n) is 5.00. The fraction of sp³-hybridized carbons (Fsp3) is 0.500. The Kier molecular flexibility index (Phi) is 5.42. The van der Waals surface area contributed by atoms with Gasteiger partial charge in [0.25, 0.3) is 6.43 Å². The van der Waals surface area contributed by atoms with Crippen LogP contribution in [0.4, 0.5) is 8.78 Å². The summed E-state index contributed by atoms with van der Waals surface area (Å²) in [6, 6.07) is 8.86. The first-order chi connectivity index (χ1) is 8.86. The molecule has 5 heteroatoms. The molecule has 1 atom stereocenters. The van der Waals surface area contributed by atoms with E-state index >= 15 is 0 Å². The van der Waals surface area contributed by atoms with Crippen molar-refractivity contribution >= 4 is 5.97 Å². The molecule has 0 heterocycles. The van der Waals surface area contributed by atoms with Crippen LogP contribution < -0.4 is 5.73 Å². The molecule has 0 saturated carbocycles. The highest BCUT2D eigenvalue weighted by Gasteiger charge is 2.45. The molecule has 19 heavy (non-hydrogen) atoms. The Morgan fingerprint density at radius 3 is 2.37 bits per heavy atom. The predicted octanol–water partition coefficient (Wildman–Crippen LogP) is 2.74. The number of hydrogen-bond acceptors (Lipinski definition) is 3. The Bertz CT molecular complexity index is 409. The second kappa shape index (κ2) is 6.61. The highest BCUT2D eigenvalue weighted by Crippen LogP contribution is 2.24. The number of esters is 1. The lowest BCUT2D eigenvalue weighted by Gasteiger charge is -2.27. The van der Waals surface area contributed by atoms with E-state index in [2.05, 4.69) is 0 Å². The van der Waals surface area contributed by atoms with Gasteiger partial charge in [-0.1, -0.05) is 44.2 Å². The van der Waals surface area contributed by atoms with Gasteiger partial charge in [-0.3, -0.25) is 0 Å². The fourth-order valence-electron chi connectivity index (χ4n) is 1.79. The van der Waals surface area contributed by atoms with Crippen LogP contribution in [0, 0.1) is 5.92 Å². The predicted molar refractivity (Wildman–Crippen MR) is 68.6 cm³/mol. The summed E-state index contributed by atoms with van der Waals surface area (Å²) in [6.07, 6.45) is -3.06. The summed E-state index contributed by atoms with van der Waals surface area (Å²) in [5.41, 5.74) is 4.03. The van der Waals surface area contributed by atoms with Gasteiger partial charge < -0.3 is 10.5 Å². The maximum absolute atomic E-state index is 13.0. The first kappa shape index (κ1) is 15.6. The summed E-state index contributed by atoms with van der Waals surface area (Å²) < 4.78 is 30.9. The van der Waals surface area contributed by atoms with Gasteiger partial charge in [-0.25, -0.2) is 13.6 Å². The van der Waals surface area contributed by atoms with E-state index in [0.29, 0.717) is 0 Å². The van der Waals surface area contributed by atoms with Gasteiger partial charge in [0.2, 0.25) is 0 Å². The van der Waals surface area contributed by atoms with Crippen LogP contribution in [0.25, 0.3) is 0 Å². The molecular formula is C14H19F2NO2. The van der Waals surface area contributed by atoms with E-state index in [1.165, 1.54) is 0 Å². The van der Waals surface area contributed by atoms with E-state index in [-0.39, 0.29) is 18.9 Å². The molecule has 1 unspecified atom stereocenters. The molecule has 1 aromatic rings. The third kappa shape index (κ3) is 4.28. The number of carbonyl (C=O) groups is 1. The number of hydrogen-bond donors (Lipinski definition) is 1. The number of ether oxygens (including phenoxy) is 1. The molecule has 0 aliphatic heterocycles. The Hall–Kier alpha value is -1.49. The van der Waals surface area contributed by atoms with Crippen LogP contribution >= 0.6 is 0 Å². The van der Waals surface area contributed by atoms with Gasteiger partial charge in [-0.2, -0.15) is 0 Å². The molecule has 2 N–H and O–H groups in total. The number of rotatable bonds is 6. The van der Waals surface area contributed by atoms with Crippen LogP contribution in [-0.4, -0.2) is 17.9 Å². The van der Waals surface area contributed by atoms with Crippen LogP contribution in [-0.2, 0) is 16.1 Å². The highest BCUT2D eigenvalue weighted by molar-refractivity contribution is 5.81. The quantitative estimate of drug-likeness (QED) is 0.809. The van der Waals surface area contributed by atoms with E-state index in [4.69, 9.17) is 10.5 Å². The van der Waals surface area contributed by atoms with Crippen molar-refractivity contribution in [2.24, 2.45) is 11.7 Å². The fourth-order valence-corrected chi connectivity index (χ4v) is 1.79. The summed E-state index contributed by atoms with van der Waals surface area (Å²) in [5.74, 6) is -1.18. The molecule has 0 spiro atoms. The highest BCUT2D eigenvalue weighted by atomic mass is 19.3. The average molecular weight is 271 g/mol. The molecule has 0 amide bonds.